The molecule has 160 valence electrons. The molecule has 0 saturated heterocycles. The zero-order chi connectivity index (χ0) is 22.3. The second kappa shape index (κ2) is 7.06. The van der Waals surface area contributed by atoms with E-state index in [1.807, 2.05) is 4.74 Å². The van der Waals surface area contributed by atoms with Gasteiger partial charge in [-0.15, -0.1) is 13.2 Å². The van der Waals surface area contributed by atoms with Crippen LogP contribution in [-0.4, -0.2) is 48.1 Å². The molecule has 0 saturated carbocycles. The number of hydrogen-bond donors (Lipinski definition) is 0. The third-order valence-corrected chi connectivity index (χ3v) is 2.38. The number of carbonyl (C=O) groups is 2. The summed E-state index contributed by atoms with van der Waals surface area (Å²) in [5.41, 5.74) is 0. The fraction of sp³-hybridized carbons (Fsp3) is 0.800. The molecule has 0 radical (unpaired) electrons. The molecule has 0 aliphatic heterocycles. The molecule has 0 spiro atoms. The van der Waals surface area contributed by atoms with Crippen LogP contribution in [0.3, 0.4) is 0 Å². The molecule has 4 nitrogen and oxygen atoms in total. The summed E-state index contributed by atoms with van der Waals surface area (Å²) in [7, 11) is 0. The van der Waals surface area contributed by atoms with Gasteiger partial charge in [0.1, 0.15) is 5.78 Å². The van der Waals surface area contributed by atoms with Crippen LogP contribution in [0.1, 0.15) is 13.3 Å². The molecule has 1 unspecified atom stereocenters. The minimum Gasteiger partial charge on any atom is -0.300 e. The Morgan fingerprint density at radius 1 is 0.704 bits per heavy atom. The Kier molecular flexibility index (Phi) is 6.63. The first-order valence-corrected chi connectivity index (χ1v) is 5.89. The lowest BCUT2D eigenvalue weighted by Gasteiger charge is -2.36. The van der Waals surface area contributed by atoms with Crippen LogP contribution in [0.25, 0.3) is 0 Å². The number of ether oxygens (including phenoxy) is 2. The normalized spacial score (nSPS) is 16.8. The third-order valence-electron chi connectivity index (χ3n) is 2.38. The lowest BCUT2D eigenvalue weighted by Crippen LogP contribution is -2.63. The molecule has 0 heterocycles. The lowest BCUT2D eigenvalue weighted by atomic mass is 10.1. The van der Waals surface area contributed by atoms with Gasteiger partial charge in [0, 0.05) is 0 Å². The van der Waals surface area contributed by atoms with E-state index in [1.165, 1.54) is 4.74 Å². The fourth-order valence-corrected chi connectivity index (χ4v) is 1.23. The number of alkyl halides is 13. The Balaban J connectivity index is 6.09. The van der Waals surface area contributed by atoms with Crippen LogP contribution < -0.4 is 0 Å². The Morgan fingerprint density at radius 3 is 1.37 bits per heavy atom. The predicted octanol–water partition coefficient (Wildman–Crippen LogP) is 4.14. The van der Waals surface area contributed by atoms with Crippen molar-refractivity contribution in [3.05, 3.63) is 0 Å². The van der Waals surface area contributed by atoms with Crippen LogP contribution >= 0.6 is 0 Å². The second-order valence-electron chi connectivity index (χ2n) is 4.65. The van der Waals surface area contributed by atoms with Gasteiger partial charge < -0.3 is 0 Å². The zero-order valence-electron chi connectivity index (χ0n) is 12.3. The second-order valence-corrected chi connectivity index (χ2v) is 4.65. The minimum atomic E-state index is -7.56. The number of rotatable bonds is 8. The van der Waals surface area contributed by atoms with Gasteiger partial charge in [-0.05, 0) is 6.92 Å². The molecule has 0 aromatic rings. The Bertz CT molecular complexity index is 579. The van der Waals surface area contributed by atoms with Crippen LogP contribution in [0.15, 0.2) is 0 Å². The third kappa shape index (κ3) is 5.43. The zero-order valence-corrected chi connectivity index (χ0v) is 12.3. The first-order valence-electron chi connectivity index (χ1n) is 5.89. The molecule has 0 fully saturated rings. The topological polar surface area (TPSA) is 52.6 Å². The molecule has 0 aliphatic carbocycles. The summed E-state index contributed by atoms with van der Waals surface area (Å²) in [6.07, 6.45) is -30.4. The van der Waals surface area contributed by atoms with Gasteiger partial charge in [0.2, 0.25) is 5.78 Å². The van der Waals surface area contributed by atoms with Crippen molar-refractivity contribution in [1.82, 2.24) is 0 Å². The van der Waals surface area contributed by atoms with Gasteiger partial charge in [-0.2, -0.15) is 43.9 Å². The summed E-state index contributed by atoms with van der Waals surface area (Å²) >= 11 is 0. The van der Waals surface area contributed by atoms with Gasteiger partial charge in [0.15, 0.2) is 0 Å². The summed E-state index contributed by atoms with van der Waals surface area (Å²) in [4.78, 5) is 21.5. The van der Waals surface area contributed by atoms with Crippen molar-refractivity contribution in [2.45, 2.75) is 49.9 Å². The number of Topliss-reactive ketones (excluding diaryl/α,β-unsaturated/α-hetero) is 2. The SMILES string of the molecule is CC(=O)CC(=O)C(F)(OC(F)(F)C(F)(F)C(F)(F)OC(F)(F)F)C(F)(F)F. The maximum absolute atomic E-state index is 13.6. The standard InChI is InChI=1S/C10H5F13O4/c1-3(24)2-4(25)5(11,7(14,15)16)26-8(17,18)6(12,13)9(19,20)27-10(21,22)23/h2H2,1H3. The monoisotopic (exact) mass is 436 g/mol. The van der Waals surface area contributed by atoms with E-state index in [-0.39, 0.29) is 0 Å². The highest BCUT2D eigenvalue weighted by Gasteiger charge is 2.80. The summed E-state index contributed by atoms with van der Waals surface area (Å²) in [6, 6.07) is 0. The van der Waals surface area contributed by atoms with Crippen molar-refractivity contribution in [3.8, 4) is 0 Å². The highest BCUT2D eigenvalue weighted by atomic mass is 19.4. The first kappa shape index (κ1) is 25.3. The highest BCUT2D eigenvalue weighted by Crippen LogP contribution is 2.52. The molecule has 17 heteroatoms. The van der Waals surface area contributed by atoms with E-state index < -0.39 is 54.5 Å². The van der Waals surface area contributed by atoms with E-state index >= 15 is 0 Å². The molecular formula is C10H5F13O4. The lowest BCUT2D eigenvalue weighted by molar-refractivity contribution is -0.523. The van der Waals surface area contributed by atoms with Gasteiger partial charge in [-0.3, -0.25) is 14.3 Å². The average Bonchev–Trinajstić information content (AvgIpc) is 2.32. The first-order chi connectivity index (χ1) is 11.5. The van der Waals surface area contributed by atoms with Crippen LogP contribution in [0.2, 0.25) is 0 Å². The number of ketones is 2. The van der Waals surface area contributed by atoms with Crippen molar-refractivity contribution in [2.75, 3.05) is 0 Å². The van der Waals surface area contributed by atoms with Gasteiger partial charge in [-0.1, -0.05) is 0 Å². The summed E-state index contributed by atoms with van der Waals surface area (Å²) in [5, 5.41) is 0. The largest absolute Gasteiger partial charge is 0.527 e. The molecule has 0 N–H and O–H groups in total. The van der Waals surface area contributed by atoms with Crippen LogP contribution in [-0.2, 0) is 19.1 Å². The summed E-state index contributed by atoms with van der Waals surface area (Å²) < 4.78 is 167. The number of hydrogen-bond acceptors (Lipinski definition) is 4. The quantitative estimate of drug-likeness (QED) is 0.424. The maximum atomic E-state index is 13.6. The average molecular weight is 436 g/mol. The number of carbonyl (C=O) groups excluding carboxylic acids is 2. The van der Waals surface area contributed by atoms with Crippen molar-refractivity contribution >= 4 is 11.6 Å². The fourth-order valence-electron chi connectivity index (χ4n) is 1.23. The van der Waals surface area contributed by atoms with Crippen LogP contribution in [0, 0.1) is 0 Å². The van der Waals surface area contributed by atoms with Crippen LogP contribution in [0.5, 0.6) is 0 Å². The van der Waals surface area contributed by atoms with E-state index in [9.17, 15) is 66.7 Å². The van der Waals surface area contributed by atoms with E-state index in [0.717, 1.165) is 0 Å². The summed E-state index contributed by atoms with van der Waals surface area (Å²) in [5.74, 6) is -18.9. The van der Waals surface area contributed by atoms with Gasteiger partial charge >= 0.3 is 36.5 Å². The molecule has 0 aromatic heterocycles. The Labute approximate surface area is 139 Å². The van der Waals surface area contributed by atoms with E-state index in [0.29, 0.717) is 6.92 Å². The van der Waals surface area contributed by atoms with E-state index in [2.05, 4.69) is 0 Å². The maximum Gasteiger partial charge on any atom is 0.527 e. The minimum absolute atomic E-state index is 0.326. The van der Waals surface area contributed by atoms with Crippen molar-refractivity contribution in [2.24, 2.45) is 0 Å². The molecule has 0 aliphatic rings. The predicted molar refractivity (Wildman–Crippen MR) is 53.3 cm³/mol. The Hall–Kier alpha value is -1.65. The number of halogens is 13. The summed E-state index contributed by atoms with van der Waals surface area (Å²) in [6.45, 7) is 0.326. The molecule has 1 atom stereocenters. The molecule has 0 amide bonds. The highest BCUT2D eigenvalue weighted by molar-refractivity contribution is 6.01. The van der Waals surface area contributed by atoms with Crippen LogP contribution in [0.4, 0.5) is 57.1 Å². The van der Waals surface area contributed by atoms with E-state index in [1.54, 1.807) is 0 Å². The van der Waals surface area contributed by atoms with E-state index in [4.69, 9.17) is 0 Å². The molecule has 27 heavy (non-hydrogen) atoms. The van der Waals surface area contributed by atoms with Crippen molar-refractivity contribution < 1.29 is 76.1 Å². The van der Waals surface area contributed by atoms with Crippen molar-refractivity contribution in [3.63, 3.8) is 0 Å². The molecule has 0 aromatic carbocycles. The molecule has 0 rings (SSSR count). The van der Waals surface area contributed by atoms with Gasteiger partial charge in [0.05, 0.1) is 6.42 Å². The van der Waals surface area contributed by atoms with Gasteiger partial charge in [-0.25, -0.2) is 4.74 Å². The smallest absolute Gasteiger partial charge is 0.300 e. The Morgan fingerprint density at radius 2 is 1.07 bits per heavy atom. The van der Waals surface area contributed by atoms with Crippen molar-refractivity contribution in [1.29, 1.82) is 0 Å². The molecular weight excluding hydrogens is 431 g/mol. The molecule has 0 bridgehead atoms. The van der Waals surface area contributed by atoms with Gasteiger partial charge in [0.25, 0.3) is 0 Å².